The standard InChI is InChI=1S/C27H26FN7O2/c1-18(35-12-3-4-13-35)32-25-15-21(10-11-29-25)37-22-8-9-24(30-16-22)23-17-31-27(34(2)26(23)36)33-20-7-5-6-19(28)14-20/h5-11,14-17H,1,3-4,12-13H2,2H3,(H,29,32)(H,31,33). The van der Waals surface area contributed by atoms with Crippen molar-refractivity contribution in [1.82, 2.24) is 24.4 Å². The van der Waals surface area contributed by atoms with E-state index in [1.807, 2.05) is 0 Å². The Kier molecular flexibility index (Phi) is 6.80. The van der Waals surface area contributed by atoms with Gasteiger partial charge in [0.25, 0.3) is 5.56 Å². The van der Waals surface area contributed by atoms with Gasteiger partial charge in [-0.2, -0.15) is 0 Å². The average Bonchev–Trinajstić information content (AvgIpc) is 3.43. The van der Waals surface area contributed by atoms with E-state index in [9.17, 15) is 9.18 Å². The second-order valence-electron chi connectivity index (χ2n) is 8.62. The van der Waals surface area contributed by atoms with Crippen molar-refractivity contribution >= 4 is 17.5 Å². The van der Waals surface area contributed by atoms with Gasteiger partial charge in [-0.1, -0.05) is 12.6 Å². The molecular formula is C27H26FN7O2. The molecule has 0 spiro atoms. The molecular weight excluding hydrogens is 473 g/mol. The van der Waals surface area contributed by atoms with E-state index in [-0.39, 0.29) is 17.3 Å². The summed E-state index contributed by atoms with van der Waals surface area (Å²) in [6, 6.07) is 12.9. The summed E-state index contributed by atoms with van der Waals surface area (Å²) in [4.78, 5) is 28.2. The summed E-state index contributed by atoms with van der Waals surface area (Å²) in [5, 5.41) is 6.19. The predicted molar refractivity (Wildman–Crippen MR) is 140 cm³/mol. The molecule has 1 fully saturated rings. The number of likely N-dealkylation sites (tertiary alicyclic amines) is 1. The third kappa shape index (κ3) is 5.58. The number of hydrogen-bond acceptors (Lipinski definition) is 8. The summed E-state index contributed by atoms with van der Waals surface area (Å²) < 4.78 is 20.8. The highest BCUT2D eigenvalue weighted by Gasteiger charge is 2.14. The number of pyridine rings is 2. The summed E-state index contributed by atoms with van der Waals surface area (Å²) in [6.07, 6.45) is 6.98. The number of benzene rings is 1. The molecule has 0 aliphatic carbocycles. The Morgan fingerprint density at radius 1 is 1.03 bits per heavy atom. The number of nitrogens with one attached hydrogen (secondary N) is 2. The minimum atomic E-state index is -0.384. The third-order valence-corrected chi connectivity index (χ3v) is 5.99. The summed E-state index contributed by atoms with van der Waals surface area (Å²) in [5.74, 6) is 2.46. The van der Waals surface area contributed by atoms with Gasteiger partial charge in [0.15, 0.2) is 0 Å². The molecule has 0 atom stereocenters. The largest absolute Gasteiger partial charge is 0.456 e. The van der Waals surface area contributed by atoms with Crippen LogP contribution in [0.25, 0.3) is 11.3 Å². The number of ether oxygens (including phenoxy) is 1. The molecule has 1 aliphatic heterocycles. The van der Waals surface area contributed by atoms with E-state index in [1.54, 1.807) is 55.8 Å². The highest BCUT2D eigenvalue weighted by atomic mass is 19.1. The first-order chi connectivity index (χ1) is 18.0. The summed E-state index contributed by atoms with van der Waals surface area (Å²) in [5.41, 5.74) is 0.981. The van der Waals surface area contributed by atoms with Gasteiger partial charge in [-0.05, 0) is 49.2 Å². The monoisotopic (exact) mass is 499 g/mol. The molecule has 1 saturated heterocycles. The molecule has 10 heteroatoms. The van der Waals surface area contributed by atoms with Crippen molar-refractivity contribution in [3.63, 3.8) is 0 Å². The first-order valence-corrected chi connectivity index (χ1v) is 11.9. The summed E-state index contributed by atoms with van der Waals surface area (Å²) >= 11 is 0. The Bertz CT molecular complexity index is 1480. The molecule has 0 amide bonds. The Balaban J connectivity index is 1.28. The highest BCUT2D eigenvalue weighted by molar-refractivity contribution is 5.60. The van der Waals surface area contributed by atoms with E-state index < -0.39 is 0 Å². The van der Waals surface area contributed by atoms with Crippen LogP contribution in [0.2, 0.25) is 0 Å². The molecule has 37 heavy (non-hydrogen) atoms. The molecule has 3 aromatic heterocycles. The molecule has 1 aliphatic rings. The molecule has 5 rings (SSSR count). The minimum absolute atomic E-state index is 0.286. The van der Waals surface area contributed by atoms with Gasteiger partial charge in [-0.15, -0.1) is 0 Å². The van der Waals surface area contributed by atoms with Crippen LogP contribution in [0.1, 0.15) is 12.8 Å². The Morgan fingerprint density at radius 3 is 2.62 bits per heavy atom. The van der Waals surface area contributed by atoms with Crippen LogP contribution in [0.3, 0.4) is 0 Å². The number of halogens is 1. The number of nitrogens with zero attached hydrogens (tertiary/aromatic N) is 5. The second kappa shape index (κ2) is 10.5. The zero-order valence-electron chi connectivity index (χ0n) is 20.3. The normalized spacial score (nSPS) is 12.9. The first-order valence-electron chi connectivity index (χ1n) is 11.9. The Labute approximate surface area is 213 Å². The number of aromatic nitrogens is 4. The zero-order valence-corrected chi connectivity index (χ0v) is 20.3. The van der Waals surface area contributed by atoms with Crippen molar-refractivity contribution in [2.24, 2.45) is 7.05 Å². The van der Waals surface area contributed by atoms with Crippen LogP contribution in [-0.4, -0.2) is 37.5 Å². The van der Waals surface area contributed by atoms with Gasteiger partial charge in [0, 0.05) is 44.3 Å². The molecule has 0 radical (unpaired) electrons. The molecule has 0 unspecified atom stereocenters. The van der Waals surface area contributed by atoms with Gasteiger partial charge in [-0.3, -0.25) is 14.3 Å². The van der Waals surface area contributed by atoms with Crippen molar-refractivity contribution in [3.8, 4) is 22.8 Å². The van der Waals surface area contributed by atoms with Gasteiger partial charge >= 0.3 is 0 Å². The fourth-order valence-electron chi connectivity index (χ4n) is 4.02. The van der Waals surface area contributed by atoms with Crippen LogP contribution in [-0.2, 0) is 7.05 Å². The van der Waals surface area contributed by atoms with Crippen LogP contribution in [0, 0.1) is 5.82 Å². The van der Waals surface area contributed by atoms with Gasteiger partial charge in [-0.25, -0.2) is 14.4 Å². The molecule has 0 saturated carbocycles. The predicted octanol–water partition coefficient (Wildman–Crippen LogP) is 4.89. The van der Waals surface area contributed by atoms with E-state index >= 15 is 0 Å². The van der Waals surface area contributed by atoms with E-state index in [0.29, 0.717) is 34.3 Å². The van der Waals surface area contributed by atoms with E-state index in [4.69, 9.17) is 4.74 Å². The lowest BCUT2D eigenvalue weighted by molar-refractivity contribution is 0.433. The number of anilines is 3. The van der Waals surface area contributed by atoms with Crippen molar-refractivity contribution in [2.75, 3.05) is 23.7 Å². The molecule has 0 bridgehead atoms. The van der Waals surface area contributed by atoms with Crippen LogP contribution in [0.4, 0.5) is 21.8 Å². The fourth-order valence-corrected chi connectivity index (χ4v) is 4.02. The lowest BCUT2D eigenvalue weighted by atomic mass is 10.2. The average molecular weight is 500 g/mol. The van der Waals surface area contributed by atoms with Crippen molar-refractivity contribution in [2.45, 2.75) is 12.8 Å². The highest BCUT2D eigenvalue weighted by Crippen LogP contribution is 2.25. The van der Waals surface area contributed by atoms with Gasteiger partial charge in [0.1, 0.15) is 23.1 Å². The van der Waals surface area contributed by atoms with Crippen molar-refractivity contribution in [3.05, 3.63) is 95.7 Å². The molecule has 4 aromatic rings. The Morgan fingerprint density at radius 2 is 1.86 bits per heavy atom. The summed E-state index contributed by atoms with van der Waals surface area (Å²) in [7, 11) is 1.59. The first kappa shape index (κ1) is 24.0. The van der Waals surface area contributed by atoms with Crippen LogP contribution in [0.5, 0.6) is 11.5 Å². The smallest absolute Gasteiger partial charge is 0.264 e. The fraction of sp³-hybridized carbons (Fsp3) is 0.185. The van der Waals surface area contributed by atoms with Gasteiger partial charge in [0.05, 0.1) is 23.3 Å². The summed E-state index contributed by atoms with van der Waals surface area (Å²) in [6.45, 7) is 6.08. The number of hydrogen-bond donors (Lipinski definition) is 2. The maximum absolute atomic E-state index is 13.5. The SMILES string of the molecule is C=C(Nc1cc(Oc2ccc(-c3cnc(Nc4cccc(F)c4)n(C)c3=O)nc2)ccn1)N1CCCC1. The Hall–Kier alpha value is -4.73. The van der Waals surface area contributed by atoms with Gasteiger partial charge < -0.3 is 20.3 Å². The lowest BCUT2D eigenvalue weighted by Crippen LogP contribution is -2.23. The zero-order chi connectivity index (χ0) is 25.8. The van der Waals surface area contributed by atoms with E-state index in [0.717, 1.165) is 18.9 Å². The topological polar surface area (TPSA) is 97.2 Å². The molecule has 9 nitrogen and oxygen atoms in total. The van der Waals surface area contributed by atoms with Crippen LogP contribution in [0.15, 0.2) is 84.3 Å². The van der Waals surface area contributed by atoms with E-state index in [1.165, 1.54) is 35.7 Å². The van der Waals surface area contributed by atoms with Gasteiger partial charge in [0.2, 0.25) is 5.95 Å². The van der Waals surface area contributed by atoms with Crippen molar-refractivity contribution in [1.29, 1.82) is 0 Å². The quantitative estimate of drug-likeness (QED) is 0.354. The van der Waals surface area contributed by atoms with Crippen molar-refractivity contribution < 1.29 is 9.13 Å². The molecule has 188 valence electrons. The van der Waals surface area contributed by atoms with Crippen LogP contribution >= 0.6 is 0 Å². The second-order valence-corrected chi connectivity index (χ2v) is 8.62. The van der Waals surface area contributed by atoms with E-state index in [2.05, 4.69) is 37.1 Å². The molecule has 4 heterocycles. The minimum Gasteiger partial charge on any atom is -0.456 e. The third-order valence-electron chi connectivity index (χ3n) is 5.99. The molecule has 1 aromatic carbocycles. The maximum Gasteiger partial charge on any atom is 0.264 e. The number of rotatable bonds is 8. The van der Waals surface area contributed by atoms with Crippen LogP contribution < -0.4 is 20.9 Å². The maximum atomic E-state index is 13.5. The lowest BCUT2D eigenvalue weighted by Gasteiger charge is -2.21. The molecule has 2 N–H and O–H groups in total.